The Labute approximate surface area is 230 Å². The number of thiocarbonyl (C=S) groups is 1. The van der Waals surface area contributed by atoms with E-state index in [0.29, 0.717) is 20.9 Å². The van der Waals surface area contributed by atoms with E-state index in [1.165, 1.54) is 5.69 Å². The molecule has 0 amide bonds. The summed E-state index contributed by atoms with van der Waals surface area (Å²) in [6, 6.07) is 23.3. The molecule has 0 radical (unpaired) electrons. The van der Waals surface area contributed by atoms with Crippen molar-refractivity contribution in [1.82, 2.24) is 10.3 Å². The monoisotopic (exact) mass is 550 g/mol. The van der Waals surface area contributed by atoms with Gasteiger partial charge in [0, 0.05) is 36.2 Å². The molecule has 2 saturated heterocycles. The number of nitrogens with zero attached hydrogens (tertiary/aromatic N) is 3. The molecule has 4 aromatic rings. The van der Waals surface area contributed by atoms with E-state index >= 15 is 0 Å². The maximum absolute atomic E-state index is 6.49. The Balaban J connectivity index is 1.38. The van der Waals surface area contributed by atoms with Crippen molar-refractivity contribution < 1.29 is 9.15 Å². The highest BCUT2D eigenvalue weighted by Crippen LogP contribution is 2.44. The molecule has 2 aliphatic heterocycles. The zero-order valence-electron chi connectivity index (χ0n) is 19.8. The Morgan fingerprint density at radius 1 is 0.892 bits per heavy atom. The quantitative estimate of drug-likeness (QED) is 0.279. The highest BCUT2D eigenvalue weighted by atomic mass is 35.5. The minimum atomic E-state index is -0.261. The third-order valence-corrected chi connectivity index (χ3v) is 7.87. The zero-order valence-corrected chi connectivity index (χ0v) is 22.1. The Morgan fingerprint density at radius 2 is 1.68 bits per heavy atom. The molecule has 4 heterocycles. The minimum Gasteiger partial charge on any atom is -0.459 e. The SMILES string of the molecule is S=C1N[C@H](c2ccccn2)[C@@H](c2ccc(-c3cccc(Cl)c3Cl)o2)N1c1ccc(N2CCOCC2)cc1. The predicted molar refractivity (Wildman–Crippen MR) is 152 cm³/mol. The van der Waals surface area contributed by atoms with Crippen molar-refractivity contribution in [2.75, 3.05) is 36.1 Å². The molecule has 1 N–H and O–H groups in total. The van der Waals surface area contributed by atoms with Crippen LogP contribution in [-0.4, -0.2) is 36.4 Å². The molecule has 188 valence electrons. The molecule has 2 aliphatic rings. The summed E-state index contributed by atoms with van der Waals surface area (Å²) in [7, 11) is 0. The average Bonchev–Trinajstić information content (AvgIpc) is 3.56. The number of halogens is 2. The summed E-state index contributed by atoms with van der Waals surface area (Å²) in [5.74, 6) is 1.38. The topological polar surface area (TPSA) is 53.8 Å². The molecule has 2 aromatic heterocycles. The van der Waals surface area contributed by atoms with Gasteiger partial charge in [0.25, 0.3) is 0 Å². The lowest BCUT2D eigenvalue weighted by Crippen LogP contribution is -2.36. The molecule has 2 fully saturated rings. The van der Waals surface area contributed by atoms with Crippen LogP contribution in [0.2, 0.25) is 10.0 Å². The molecular formula is C28H24Cl2N4O2S. The molecule has 9 heteroatoms. The largest absolute Gasteiger partial charge is 0.459 e. The molecule has 0 unspecified atom stereocenters. The molecule has 37 heavy (non-hydrogen) atoms. The molecule has 0 aliphatic carbocycles. The molecule has 0 bridgehead atoms. The van der Waals surface area contributed by atoms with E-state index in [9.17, 15) is 0 Å². The average molecular weight is 551 g/mol. The predicted octanol–water partition coefficient (Wildman–Crippen LogP) is 6.66. The summed E-state index contributed by atoms with van der Waals surface area (Å²) in [4.78, 5) is 9.04. The molecule has 6 rings (SSSR count). The van der Waals surface area contributed by atoms with E-state index < -0.39 is 0 Å². The number of benzene rings is 2. The van der Waals surface area contributed by atoms with E-state index in [4.69, 9.17) is 44.6 Å². The third-order valence-electron chi connectivity index (χ3n) is 6.74. The van der Waals surface area contributed by atoms with Crippen molar-refractivity contribution in [3.63, 3.8) is 0 Å². The van der Waals surface area contributed by atoms with Crippen LogP contribution >= 0.6 is 35.4 Å². The van der Waals surface area contributed by atoms with Gasteiger partial charge in [-0.3, -0.25) is 4.98 Å². The van der Waals surface area contributed by atoms with Crippen LogP contribution in [-0.2, 0) is 4.74 Å². The number of ether oxygens (including phenoxy) is 1. The number of hydrogen-bond acceptors (Lipinski definition) is 5. The van der Waals surface area contributed by atoms with Gasteiger partial charge in [0.1, 0.15) is 17.6 Å². The van der Waals surface area contributed by atoms with Gasteiger partial charge in [0.05, 0.1) is 35.0 Å². The molecule has 0 spiro atoms. The fraction of sp³-hybridized carbons (Fsp3) is 0.214. The van der Waals surface area contributed by atoms with Gasteiger partial charge in [-0.25, -0.2) is 0 Å². The molecule has 6 nitrogen and oxygen atoms in total. The first kappa shape index (κ1) is 24.2. The highest BCUT2D eigenvalue weighted by molar-refractivity contribution is 7.80. The van der Waals surface area contributed by atoms with Gasteiger partial charge < -0.3 is 24.3 Å². The summed E-state index contributed by atoms with van der Waals surface area (Å²) in [5, 5.41) is 5.03. The number of morpholine rings is 1. The number of pyridine rings is 1. The van der Waals surface area contributed by atoms with Crippen molar-refractivity contribution in [3.05, 3.63) is 100 Å². The zero-order chi connectivity index (χ0) is 25.4. The van der Waals surface area contributed by atoms with E-state index in [2.05, 4.69) is 44.4 Å². The van der Waals surface area contributed by atoms with Crippen LogP contribution in [0.15, 0.2) is 83.4 Å². The highest BCUT2D eigenvalue weighted by Gasteiger charge is 2.42. The smallest absolute Gasteiger partial charge is 0.174 e. The normalized spacial score (nSPS) is 19.8. The van der Waals surface area contributed by atoms with Crippen molar-refractivity contribution in [3.8, 4) is 11.3 Å². The number of hydrogen-bond donors (Lipinski definition) is 1. The van der Waals surface area contributed by atoms with Gasteiger partial charge in [0.15, 0.2) is 5.11 Å². The number of rotatable bonds is 5. The number of anilines is 2. The first-order chi connectivity index (χ1) is 18.1. The first-order valence-electron chi connectivity index (χ1n) is 12.1. The summed E-state index contributed by atoms with van der Waals surface area (Å²) in [5.41, 5.74) is 3.75. The fourth-order valence-electron chi connectivity index (χ4n) is 4.92. The van der Waals surface area contributed by atoms with Crippen LogP contribution < -0.4 is 15.1 Å². The standard InChI is InChI=1S/C28H24Cl2N4O2S/c29-21-5-3-4-20(25(21)30)23-11-12-24(36-23)27-26(22-6-1-2-13-31-22)32-28(37)34(27)19-9-7-18(8-10-19)33-14-16-35-17-15-33/h1-13,26-27H,14-17H2,(H,32,37)/t26-,27-/m1/s1. The van der Waals surface area contributed by atoms with Crippen molar-refractivity contribution >= 4 is 51.9 Å². The molecule has 2 aromatic carbocycles. The van der Waals surface area contributed by atoms with Crippen molar-refractivity contribution in [1.29, 1.82) is 0 Å². The van der Waals surface area contributed by atoms with Crippen LogP contribution in [0.25, 0.3) is 11.3 Å². The summed E-state index contributed by atoms with van der Waals surface area (Å²) < 4.78 is 11.9. The Kier molecular flexibility index (Phi) is 6.78. The number of nitrogens with one attached hydrogen (secondary N) is 1. The third kappa shape index (κ3) is 4.68. The van der Waals surface area contributed by atoms with Crippen LogP contribution in [0.5, 0.6) is 0 Å². The van der Waals surface area contributed by atoms with E-state index in [-0.39, 0.29) is 12.1 Å². The van der Waals surface area contributed by atoms with Gasteiger partial charge in [-0.15, -0.1) is 0 Å². The maximum atomic E-state index is 6.49. The van der Waals surface area contributed by atoms with Crippen LogP contribution in [0, 0.1) is 0 Å². The lowest BCUT2D eigenvalue weighted by Gasteiger charge is -2.30. The lowest BCUT2D eigenvalue weighted by molar-refractivity contribution is 0.122. The lowest BCUT2D eigenvalue weighted by atomic mass is 10.0. The Bertz CT molecular complexity index is 1410. The Morgan fingerprint density at radius 3 is 2.43 bits per heavy atom. The summed E-state index contributed by atoms with van der Waals surface area (Å²) in [6.45, 7) is 3.25. The van der Waals surface area contributed by atoms with E-state index in [1.54, 1.807) is 12.3 Å². The second kappa shape index (κ2) is 10.3. The van der Waals surface area contributed by atoms with E-state index in [1.807, 2.05) is 42.5 Å². The van der Waals surface area contributed by atoms with Gasteiger partial charge in [0.2, 0.25) is 0 Å². The van der Waals surface area contributed by atoms with E-state index in [0.717, 1.165) is 49.0 Å². The number of furan rings is 1. The van der Waals surface area contributed by atoms with Crippen molar-refractivity contribution in [2.24, 2.45) is 0 Å². The number of aromatic nitrogens is 1. The van der Waals surface area contributed by atoms with Gasteiger partial charge in [-0.2, -0.15) is 0 Å². The maximum Gasteiger partial charge on any atom is 0.174 e. The first-order valence-corrected chi connectivity index (χ1v) is 13.2. The second-order valence-corrected chi connectivity index (χ2v) is 10.1. The Hall–Kier alpha value is -3.10. The van der Waals surface area contributed by atoms with Crippen molar-refractivity contribution in [2.45, 2.75) is 12.1 Å². The molecule has 0 saturated carbocycles. The van der Waals surface area contributed by atoms with Crippen LogP contribution in [0.4, 0.5) is 11.4 Å². The fourth-order valence-corrected chi connectivity index (χ4v) is 5.66. The van der Waals surface area contributed by atoms with Crippen LogP contribution in [0.3, 0.4) is 0 Å². The molecule has 2 atom stereocenters. The minimum absolute atomic E-state index is 0.207. The van der Waals surface area contributed by atoms with Gasteiger partial charge in [-0.1, -0.05) is 35.3 Å². The summed E-state index contributed by atoms with van der Waals surface area (Å²) in [6.07, 6.45) is 1.79. The van der Waals surface area contributed by atoms with Gasteiger partial charge >= 0.3 is 0 Å². The molecular weight excluding hydrogens is 527 g/mol. The summed E-state index contributed by atoms with van der Waals surface area (Å²) >= 11 is 18.6. The van der Waals surface area contributed by atoms with Crippen LogP contribution in [0.1, 0.15) is 23.5 Å². The second-order valence-electron chi connectivity index (χ2n) is 8.92. The van der Waals surface area contributed by atoms with Gasteiger partial charge in [-0.05, 0) is 72.9 Å².